The Labute approximate surface area is 107 Å². The van der Waals surface area contributed by atoms with Crippen molar-refractivity contribution < 1.29 is 0 Å². The number of aromatic nitrogens is 2. The normalized spacial score (nSPS) is 10.3. The van der Waals surface area contributed by atoms with Crippen LogP contribution >= 0.6 is 0 Å². The highest BCUT2D eigenvalue weighted by Gasteiger charge is 2.08. The molecule has 4 heteroatoms. The van der Waals surface area contributed by atoms with E-state index in [0.29, 0.717) is 6.54 Å². The van der Waals surface area contributed by atoms with Gasteiger partial charge in [0.2, 0.25) is 0 Å². The van der Waals surface area contributed by atoms with Gasteiger partial charge in [-0.3, -0.25) is 4.98 Å². The van der Waals surface area contributed by atoms with E-state index in [0.717, 1.165) is 31.0 Å². The number of anilines is 1. The van der Waals surface area contributed by atoms with E-state index in [1.165, 1.54) is 0 Å². The third kappa shape index (κ3) is 3.53. The number of hydrogen-bond acceptors (Lipinski definition) is 4. The summed E-state index contributed by atoms with van der Waals surface area (Å²) in [4.78, 5) is 10.9. The molecule has 18 heavy (non-hydrogen) atoms. The third-order valence-corrected chi connectivity index (χ3v) is 2.68. The summed E-state index contributed by atoms with van der Waals surface area (Å²) >= 11 is 0. The van der Waals surface area contributed by atoms with E-state index in [-0.39, 0.29) is 0 Å². The predicted molar refractivity (Wildman–Crippen MR) is 73.2 cm³/mol. The number of rotatable bonds is 6. The van der Waals surface area contributed by atoms with Crippen LogP contribution in [0.15, 0.2) is 48.8 Å². The Kier molecular flexibility index (Phi) is 4.67. The zero-order valence-corrected chi connectivity index (χ0v) is 10.4. The van der Waals surface area contributed by atoms with Gasteiger partial charge < -0.3 is 10.6 Å². The van der Waals surface area contributed by atoms with Crippen LogP contribution in [0.25, 0.3) is 0 Å². The predicted octanol–water partition coefficient (Wildman–Crippen LogP) is 1.83. The summed E-state index contributed by atoms with van der Waals surface area (Å²) in [5.41, 5.74) is 6.63. The van der Waals surface area contributed by atoms with Crippen LogP contribution in [0.3, 0.4) is 0 Å². The number of nitrogens with zero attached hydrogens (tertiary/aromatic N) is 3. The fourth-order valence-electron chi connectivity index (χ4n) is 1.78. The molecule has 0 unspecified atom stereocenters. The quantitative estimate of drug-likeness (QED) is 0.839. The summed E-state index contributed by atoms with van der Waals surface area (Å²) in [5.74, 6) is 0.969. The summed E-state index contributed by atoms with van der Waals surface area (Å²) in [6.45, 7) is 2.34. The molecule has 0 fully saturated rings. The SMILES string of the molecule is NCCCN(Cc1ccccn1)c1ccccn1. The van der Waals surface area contributed by atoms with Crippen molar-refractivity contribution >= 4 is 5.82 Å². The molecule has 0 aliphatic heterocycles. The fraction of sp³-hybridized carbons (Fsp3) is 0.286. The Balaban J connectivity index is 2.10. The first-order chi connectivity index (χ1) is 8.90. The highest BCUT2D eigenvalue weighted by atomic mass is 15.2. The van der Waals surface area contributed by atoms with Crippen LogP contribution in [0.2, 0.25) is 0 Å². The minimum atomic E-state index is 0.686. The maximum absolute atomic E-state index is 5.59. The van der Waals surface area contributed by atoms with Crippen LogP contribution in [0.1, 0.15) is 12.1 Å². The molecule has 0 aliphatic carbocycles. The maximum Gasteiger partial charge on any atom is 0.128 e. The fourth-order valence-corrected chi connectivity index (χ4v) is 1.78. The standard InChI is InChI=1S/C14H18N4/c15-8-5-11-18(14-7-2-4-10-17-14)12-13-6-1-3-9-16-13/h1-4,6-7,9-10H,5,8,11-12,15H2. The lowest BCUT2D eigenvalue weighted by Gasteiger charge is -2.23. The topological polar surface area (TPSA) is 55.0 Å². The molecule has 2 aromatic heterocycles. The van der Waals surface area contributed by atoms with Crippen LogP contribution in [-0.4, -0.2) is 23.1 Å². The van der Waals surface area contributed by atoms with Gasteiger partial charge in [-0.25, -0.2) is 4.98 Å². The average Bonchev–Trinajstić information content (AvgIpc) is 2.45. The molecule has 2 aromatic rings. The van der Waals surface area contributed by atoms with Crippen LogP contribution in [0.5, 0.6) is 0 Å². The molecule has 0 aromatic carbocycles. The van der Waals surface area contributed by atoms with E-state index in [2.05, 4.69) is 14.9 Å². The third-order valence-electron chi connectivity index (χ3n) is 2.68. The van der Waals surface area contributed by atoms with Gasteiger partial charge in [0.05, 0.1) is 12.2 Å². The highest BCUT2D eigenvalue weighted by molar-refractivity contribution is 5.38. The molecule has 4 nitrogen and oxygen atoms in total. The van der Waals surface area contributed by atoms with Crippen molar-refractivity contribution in [3.63, 3.8) is 0 Å². The van der Waals surface area contributed by atoms with Gasteiger partial charge >= 0.3 is 0 Å². The Morgan fingerprint density at radius 3 is 2.39 bits per heavy atom. The second-order valence-corrected chi connectivity index (χ2v) is 4.07. The highest BCUT2D eigenvalue weighted by Crippen LogP contribution is 2.12. The minimum Gasteiger partial charge on any atom is -0.351 e. The molecule has 0 bridgehead atoms. The molecule has 2 heterocycles. The first kappa shape index (κ1) is 12.5. The van der Waals surface area contributed by atoms with Crippen LogP contribution in [0.4, 0.5) is 5.82 Å². The number of nitrogens with two attached hydrogens (primary N) is 1. The van der Waals surface area contributed by atoms with Gasteiger partial charge in [0.1, 0.15) is 5.82 Å². The first-order valence-corrected chi connectivity index (χ1v) is 6.16. The van der Waals surface area contributed by atoms with Crippen molar-refractivity contribution in [2.75, 3.05) is 18.0 Å². The van der Waals surface area contributed by atoms with Crippen molar-refractivity contribution in [3.8, 4) is 0 Å². The smallest absolute Gasteiger partial charge is 0.128 e. The van der Waals surface area contributed by atoms with E-state index in [4.69, 9.17) is 5.73 Å². The molecule has 0 amide bonds. The Hall–Kier alpha value is -1.94. The van der Waals surface area contributed by atoms with Crippen LogP contribution in [-0.2, 0) is 6.54 Å². The van der Waals surface area contributed by atoms with E-state index < -0.39 is 0 Å². The summed E-state index contributed by atoms with van der Waals surface area (Å²) in [7, 11) is 0. The molecule has 0 aliphatic rings. The van der Waals surface area contributed by atoms with Gasteiger partial charge in [-0.15, -0.1) is 0 Å². The Morgan fingerprint density at radius 1 is 1.00 bits per heavy atom. The minimum absolute atomic E-state index is 0.686. The van der Waals surface area contributed by atoms with Crippen LogP contribution < -0.4 is 10.6 Å². The molecule has 0 atom stereocenters. The van der Waals surface area contributed by atoms with Crippen molar-refractivity contribution in [2.45, 2.75) is 13.0 Å². The van der Waals surface area contributed by atoms with Gasteiger partial charge in [0, 0.05) is 18.9 Å². The molecule has 0 saturated carbocycles. The summed E-state index contributed by atoms with van der Waals surface area (Å²) < 4.78 is 0. The van der Waals surface area contributed by atoms with E-state index in [9.17, 15) is 0 Å². The summed E-state index contributed by atoms with van der Waals surface area (Å²) in [6.07, 6.45) is 4.57. The molecular weight excluding hydrogens is 224 g/mol. The molecule has 94 valence electrons. The summed E-state index contributed by atoms with van der Waals surface area (Å²) in [6, 6.07) is 11.9. The van der Waals surface area contributed by atoms with Gasteiger partial charge in [-0.1, -0.05) is 12.1 Å². The lowest BCUT2D eigenvalue weighted by atomic mass is 10.3. The number of pyridine rings is 2. The monoisotopic (exact) mass is 242 g/mol. The van der Waals surface area contributed by atoms with Gasteiger partial charge in [-0.05, 0) is 37.2 Å². The lowest BCUT2D eigenvalue weighted by Crippen LogP contribution is -2.26. The van der Waals surface area contributed by atoms with E-state index in [1.807, 2.05) is 48.8 Å². The van der Waals surface area contributed by atoms with Gasteiger partial charge in [0.25, 0.3) is 0 Å². The van der Waals surface area contributed by atoms with E-state index >= 15 is 0 Å². The first-order valence-electron chi connectivity index (χ1n) is 6.16. The van der Waals surface area contributed by atoms with E-state index in [1.54, 1.807) is 0 Å². The molecule has 0 spiro atoms. The molecule has 2 rings (SSSR count). The molecule has 0 radical (unpaired) electrons. The van der Waals surface area contributed by atoms with Crippen molar-refractivity contribution in [3.05, 3.63) is 54.5 Å². The average molecular weight is 242 g/mol. The zero-order chi connectivity index (χ0) is 12.6. The second kappa shape index (κ2) is 6.71. The maximum atomic E-state index is 5.59. The van der Waals surface area contributed by atoms with Crippen LogP contribution in [0, 0.1) is 0 Å². The largest absolute Gasteiger partial charge is 0.351 e. The lowest BCUT2D eigenvalue weighted by molar-refractivity contribution is 0.717. The van der Waals surface area contributed by atoms with Gasteiger partial charge in [-0.2, -0.15) is 0 Å². The second-order valence-electron chi connectivity index (χ2n) is 4.07. The number of hydrogen-bond donors (Lipinski definition) is 1. The van der Waals surface area contributed by atoms with Crippen molar-refractivity contribution in [1.29, 1.82) is 0 Å². The zero-order valence-electron chi connectivity index (χ0n) is 10.4. The summed E-state index contributed by atoms with van der Waals surface area (Å²) in [5, 5.41) is 0. The Morgan fingerprint density at radius 2 is 1.78 bits per heavy atom. The molecule has 2 N–H and O–H groups in total. The molecule has 0 saturated heterocycles. The van der Waals surface area contributed by atoms with Gasteiger partial charge in [0.15, 0.2) is 0 Å². The van der Waals surface area contributed by atoms with Crippen molar-refractivity contribution in [2.24, 2.45) is 5.73 Å². The Bertz CT molecular complexity index is 444. The van der Waals surface area contributed by atoms with Crippen molar-refractivity contribution in [1.82, 2.24) is 9.97 Å². The molecular formula is C14H18N4.